The van der Waals surface area contributed by atoms with Crippen LogP contribution >= 0.6 is 0 Å². The van der Waals surface area contributed by atoms with Crippen LogP contribution in [0.3, 0.4) is 0 Å². The molecule has 1 aliphatic rings. The number of benzene rings is 1. The second-order valence-corrected chi connectivity index (χ2v) is 8.69. The first-order valence-electron chi connectivity index (χ1n) is 5.53. The van der Waals surface area contributed by atoms with E-state index in [2.05, 4.69) is 5.32 Å². The highest BCUT2D eigenvalue weighted by Gasteiger charge is 2.44. The lowest BCUT2D eigenvalue weighted by Gasteiger charge is -2.17. The minimum atomic E-state index is -3.61. The van der Waals surface area contributed by atoms with Gasteiger partial charge in [0, 0.05) is 6.04 Å². The Morgan fingerprint density at radius 3 is 2.33 bits per heavy atom. The van der Waals surface area contributed by atoms with Crippen molar-refractivity contribution < 1.29 is 16.8 Å². The van der Waals surface area contributed by atoms with E-state index in [1.807, 2.05) is 0 Å². The summed E-state index contributed by atoms with van der Waals surface area (Å²) in [6.45, 7) is 0. The van der Waals surface area contributed by atoms with Crippen molar-refractivity contribution in [1.82, 2.24) is 5.32 Å². The van der Waals surface area contributed by atoms with Crippen LogP contribution in [0.2, 0.25) is 0 Å². The molecule has 0 spiro atoms. The van der Waals surface area contributed by atoms with Gasteiger partial charge in [-0.25, -0.2) is 16.8 Å². The van der Waals surface area contributed by atoms with Gasteiger partial charge in [-0.3, -0.25) is 0 Å². The molecule has 0 aliphatic carbocycles. The van der Waals surface area contributed by atoms with E-state index in [1.165, 1.54) is 12.1 Å². The van der Waals surface area contributed by atoms with Gasteiger partial charge in [-0.05, 0) is 19.2 Å². The second kappa shape index (κ2) is 4.64. The molecule has 0 radical (unpaired) electrons. The Morgan fingerprint density at radius 2 is 1.78 bits per heavy atom. The van der Waals surface area contributed by atoms with E-state index >= 15 is 0 Å². The molecule has 1 aliphatic heterocycles. The maximum atomic E-state index is 12.4. The number of hydrogen-bond acceptors (Lipinski definition) is 5. The first-order valence-corrected chi connectivity index (χ1v) is 8.90. The maximum Gasteiger partial charge on any atom is 0.183 e. The van der Waals surface area contributed by atoms with Crippen LogP contribution in [0.4, 0.5) is 0 Å². The summed E-state index contributed by atoms with van der Waals surface area (Å²) in [5.74, 6) is -0.435. The summed E-state index contributed by atoms with van der Waals surface area (Å²) >= 11 is 0. The van der Waals surface area contributed by atoms with Crippen LogP contribution < -0.4 is 5.32 Å². The van der Waals surface area contributed by atoms with E-state index in [4.69, 9.17) is 0 Å². The first kappa shape index (κ1) is 13.5. The van der Waals surface area contributed by atoms with Crippen molar-refractivity contribution in [3.63, 3.8) is 0 Å². The molecule has 1 fully saturated rings. The van der Waals surface area contributed by atoms with Gasteiger partial charge < -0.3 is 5.32 Å². The molecule has 7 heteroatoms. The Bertz CT molecular complexity index is 622. The smallest absolute Gasteiger partial charge is 0.183 e. The topological polar surface area (TPSA) is 80.3 Å². The molecule has 18 heavy (non-hydrogen) atoms. The molecule has 2 rings (SSSR count). The minimum Gasteiger partial charge on any atom is -0.315 e. The molecule has 1 heterocycles. The Morgan fingerprint density at radius 1 is 1.17 bits per heavy atom. The van der Waals surface area contributed by atoms with Gasteiger partial charge in [-0.1, -0.05) is 18.2 Å². The van der Waals surface area contributed by atoms with Crippen molar-refractivity contribution in [2.45, 2.75) is 16.2 Å². The van der Waals surface area contributed by atoms with Crippen LogP contribution in [0.15, 0.2) is 35.2 Å². The zero-order valence-electron chi connectivity index (χ0n) is 9.91. The molecule has 0 amide bonds. The number of hydrogen-bond donors (Lipinski definition) is 1. The SMILES string of the molecule is CN[C@@H]1CS(=O)(=O)C[C@H]1S(=O)(=O)c1ccccc1. The van der Waals surface area contributed by atoms with Gasteiger partial charge in [0.25, 0.3) is 0 Å². The zero-order valence-corrected chi connectivity index (χ0v) is 11.5. The van der Waals surface area contributed by atoms with Crippen LogP contribution in [0.1, 0.15) is 0 Å². The van der Waals surface area contributed by atoms with E-state index in [9.17, 15) is 16.8 Å². The lowest BCUT2D eigenvalue weighted by molar-refractivity contribution is 0.553. The molecular formula is C11H15NO4S2. The molecule has 0 aromatic heterocycles. The standard InChI is InChI=1S/C11H15NO4S2/c1-12-10-7-17(13,14)8-11(10)18(15,16)9-5-3-2-4-6-9/h2-6,10-12H,7-8H2,1H3/t10-,11-/m1/s1. The summed E-state index contributed by atoms with van der Waals surface area (Å²) in [7, 11) is -5.32. The summed E-state index contributed by atoms with van der Waals surface area (Å²) in [5.41, 5.74) is 0. The maximum absolute atomic E-state index is 12.4. The molecular weight excluding hydrogens is 274 g/mol. The van der Waals surface area contributed by atoms with Crippen LogP contribution in [-0.2, 0) is 19.7 Å². The van der Waals surface area contributed by atoms with Crippen molar-refractivity contribution in [3.8, 4) is 0 Å². The third kappa shape index (κ3) is 2.43. The van der Waals surface area contributed by atoms with Crippen molar-refractivity contribution >= 4 is 19.7 Å². The fourth-order valence-electron chi connectivity index (χ4n) is 2.18. The zero-order chi connectivity index (χ0) is 13.4. The summed E-state index contributed by atoms with van der Waals surface area (Å²) < 4.78 is 47.9. The lowest BCUT2D eigenvalue weighted by atomic mass is 10.3. The van der Waals surface area contributed by atoms with E-state index in [1.54, 1.807) is 25.2 Å². The Hall–Kier alpha value is -0.920. The molecule has 2 atom stereocenters. The highest BCUT2D eigenvalue weighted by Crippen LogP contribution is 2.25. The van der Waals surface area contributed by atoms with Crippen molar-refractivity contribution in [3.05, 3.63) is 30.3 Å². The van der Waals surface area contributed by atoms with Gasteiger partial charge in [0.15, 0.2) is 19.7 Å². The number of nitrogens with one attached hydrogen (secondary N) is 1. The molecule has 5 nitrogen and oxygen atoms in total. The van der Waals surface area contributed by atoms with Crippen LogP contribution in [0.25, 0.3) is 0 Å². The Labute approximate surface area is 107 Å². The van der Waals surface area contributed by atoms with Crippen molar-refractivity contribution in [2.75, 3.05) is 18.6 Å². The molecule has 0 unspecified atom stereocenters. The van der Waals surface area contributed by atoms with Gasteiger partial charge in [0.1, 0.15) is 0 Å². The normalized spacial score (nSPS) is 27.2. The molecule has 100 valence electrons. The third-order valence-corrected chi connectivity index (χ3v) is 7.31. The highest BCUT2D eigenvalue weighted by molar-refractivity contribution is 7.96. The largest absolute Gasteiger partial charge is 0.315 e. The van der Waals surface area contributed by atoms with Gasteiger partial charge in [-0.2, -0.15) is 0 Å². The van der Waals surface area contributed by atoms with Crippen LogP contribution in [0, 0.1) is 0 Å². The lowest BCUT2D eigenvalue weighted by Crippen LogP contribution is -2.41. The number of rotatable bonds is 3. The Balaban J connectivity index is 2.43. The average Bonchev–Trinajstić information content (AvgIpc) is 2.66. The summed E-state index contributed by atoms with van der Waals surface area (Å²) in [5, 5.41) is 1.88. The minimum absolute atomic E-state index is 0.125. The van der Waals surface area contributed by atoms with Gasteiger partial charge in [0.2, 0.25) is 0 Å². The summed E-state index contributed by atoms with van der Waals surface area (Å²) in [6, 6.07) is 7.43. The fraction of sp³-hybridized carbons (Fsp3) is 0.455. The van der Waals surface area contributed by atoms with E-state index < -0.39 is 31.0 Å². The molecule has 1 N–H and O–H groups in total. The molecule has 1 saturated heterocycles. The predicted molar refractivity (Wildman–Crippen MR) is 68.9 cm³/mol. The summed E-state index contributed by atoms with van der Waals surface area (Å²) in [6.07, 6.45) is 0. The van der Waals surface area contributed by atoms with E-state index in [-0.39, 0.29) is 16.4 Å². The van der Waals surface area contributed by atoms with Crippen LogP contribution in [0.5, 0.6) is 0 Å². The monoisotopic (exact) mass is 289 g/mol. The summed E-state index contributed by atoms with van der Waals surface area (Å²) in [4.78, 5) is 0.173. The quantitative estimate of drug-likeness (QED) is 0.836. The van der Waals surface area contributed by atoms with E-state index in [0.29, 0.717) is 0 Å². The van der Waals surface area contributed by atoms with Crippen molar-refractivity contribution in [1.29, 1.82) is 0 Å². The molecule has 0 saturated carbocycles. The highest BCUT2D eigenvalue weighted by atomic mass is 32.2. The second-order valence-electron chi connectivity index (χ2n) is 4.37. The molecule has 1 aromatic rings. The van der Waals surface area contributed by atoms with Gasteiger partial charge in [0.05, 0.1) is 21.7 Å². The van der Waals surface area contributed by atoms with Gasteiger partial charge >= 0.3 is 0 Å². The van der Waals surface area contributed by atoms with E-state index in [0.717, 1.165) is 0 Å². The van der Waals surface area contributed by atoms with Crippen LogP contribution in [-0.4, -0.2) is 46.7 Å². The predicted octanol–water partition coefficient (Wildman–Crippen LogP) is -0.155. The van der Waals surface area contributed by atoms with Crippen molar-refractivity contribution in [2.24, 2.45) is 0 Å². The van der Waals surface area contributed by atoms with Gasteiger partial charge in [-0.15, -0.1) is 0 Å². The first-order chi connectivity index (χ1) is 8.37. The fourth-order valence-corrected chi connectivity index (χ4v) is 7.00. The molecule has 1 aromatic carbocycles. The third-order valence-electron chi connectivity index (χ3n) is 3.14. The Kier molecular flexibility index (Phi) is 3.48. The average molecular weight is 289 g/mol. The molecule has 0 bridgehead atoms. The number of sulfone groups is 2.